The maximum Gasteiger partial charge on any atom is 0.128 e. The molecule has 0 bridgehead atoms. The number of methoxy groups -OCH3 is 1. The van der Waals surface area contributed by atoms with Crippen LogP contribution in [0.2, 0.25) is 0 Å². The Bertz CT molecular complexity index is 289. The molecule has 1 heterocycles. The van der Waals surface area contributed by atoms with Crippen molar-refractivity contribution >= 4 is 11.6 Å². The Kier molecular flexibility index (Phi) is 4.73. The van der Waals surface area contributed by atoms with Gasteiger partial charge in [-0.05, 0) is 13.8 Å². The molecule has 0 spiro atoms. The number of alkyl halides is 1. The number of ether oxygens (including phenoxy) is 1. The number of halogens is 1. The Balaban J connectivity index is 0.00000144. The third kappa shape index (κ3) is 2.32. The lowest BCUT2D eigenvalue weighted by atomic mass is 10.1. The number of pyridine rings is 1. The molecule has 0 saturated heterocycles. The van der Waals surface area contributed by atoms with Gasteiger partial charge in [0.05, 0.1) is 18.7 Å². The molecule has 0 aromatic carbocycles. The van der Waals surface area contributed by atoms with Crippen molar-refractivity contribution in [3.63, 3.8) is 0 Å². The van der Waals surface area contributed by atoms with Crippen LogP contribution in [0.1, 0.15) is 16.8 Å². The van der Waals surface area contributed by atoms with E-state index in [1.165, 1.54) is 0 Å². The van der Waals surface area contributed by atoms with Crippen LogP contribution in [0.5, 0.6) is 5.75 Å². The first-order chi connectivity index (χ1) is 5.70. The van der Waals surface area contributed by atoms with Crippen LogP contribution in [0.15, 0.2) is 6.20 Å². The van der Waals surface area contributed by atoms with Crippen LogP contribution in [-0.2, 0) is 5.88 Å². The summed E-state index contributed by atoms with van der Waals surface area (Å²) in [7, 11) is 1.66. The third-order valence-electron chi connectivity index (χ3n) is 1.88. The van der Waals surface area contributed by atoms with Crippen molar-refractivity contribution < 1.29 is 4.74 Å². The third-order valence-corrected chi connectivity index (χ3v) is 2.13. The zero-order valence-corrected chi connectivity index (χ0v) is 8.98. The van der Waals surface area contributed by atoms with Gasteiger partial charge < -0.3 is 10.9 Å². The molecule has 1 rings (SSSR count). The Hall–Kier alpha value is -0.800. The summed E-state index contributed by atoms with van der Waals surface area (Å²) in [5.74, 6) is 1.32. The fourth-order valence-electron chi connectivity index (χ4n) is 1.21. The van der Waals surface area contributed by atoms with E-state index in [1.807, 2.05) is 13.8 Å². The Labute approximate surface area is 83.7 Å². The minimum Gasteiger partial charge on any atom is -0.496 e. The minimum atomic E-state index is 0. The molecule has 74 valence electrons. The highest BCUT2D eigenvalue weighted by molar-refractivity contribution is 6.17. The SMILES string of the molecule is COc1c(C)cnc(CCl)c1C.N. The summed E-state index contributed by atoms with van der Waals surface area (Å²) < 4.78 is 5.22. The van der Waals surface area contributed by atoms with E-state index >= 15 is 0 Å². The van der Waals surface area contributed by atoms with Crippen LogP contribution in [0, 0.1) is 13.8 Å². The lowest BCUT2D eigenvalue weighted by molar-refractivity contribution is 0.407. The first-order valence-electron chi connectivity index (χ1n) is 3.75. The van der Waals surface area contributed by atoms with Gasteiger partial charge >= 0.3 is 0 Å². The van der Waals surface area contributed by atoms with Gasteiger partial charge in [-0.1, -0.05) is 0 Å². The van der Waals surface area contributed by atoms with Gasteiger partial charge in [0.1, 0.15) is 5.75 Å². The fourth-order valence-corrected chi connectivity index (χ4v) is 1.48. The van der Waals surface area contributed by atoms with Crippen molar-refractivity contribution in [3.8, 4) is 5.75 Å². The predicted molar refractivity (Wildman–Crippen MR) is 54.8 cm³/mol. The van der Waals surface area contributed by atoms with Crippen molar-refractivity contribution in [2.75, 3.05) is 7.11 Å². The van der Waals surface area contributed by atoms with Gasteiger partial charge in [-0.15, -0.1) is 11.6 Å². The first kappa shape index (κ1) is 12.2. The van der Waals surface area contributed by atoms with Gasteiger partial charge in [-0.25, -0.2) is 0 Å². The Morgan fingerprint density at radius 3 is 2.54 bits per heavy atom. The zero-order valence-electron chi connectivity index (χ0n) is 8.22. The molecule has 13 heavy (non-hydrogen) atoms. The number of aromatic nitrogens is 1. The lowest BCUT2D eigenvalue weighted by Crippen LogP contribution is -1.97. The average Bonchev–Trinajstić information content (AvgIpc) is 2.06. The van der Waals surface area contributed by atoms with Crippen LogP contribution < -0.4 is 10.9 Å². The van der Waals surface area contributed by atoms with E-state index in [2.05, 4.69) is 4.98 Å². The Morgan fingerprint density at radius 2 is 2.08 bits per heavy atom. The lowest BCUT2D eigenvalue weighted by Gasteiger charge is -2.09. The smallest absolute Gasteiger partial charge is 0.128 e. The quantitative estimate of drug-likeness (QED) is 0.750. The predicted octanol–water partition coefficient (Wildman–Crippen LogP) is 2.61. The summed E-state index contributed by atoms with van der Waals surface area (Å²) in [6, 6.07) is 0. The summed E-state index contributed by atoms with van der Waals surface area (Å²) in [5, 5.41) is 0. The van der Waals surface area contributed by atoms with E-state index in [4.69, 9.17) is 16.3 Å². The molecule has 1 aromatic rings. The highest BCUT2D eigenvalue weighted by Gasteiger charge is 2.07. The average molecular weight is 203 g/mol. The molecule has 0 unspecified atom stereocenters. The van der Waals surface area contributed by atoms with Gasteiger partial charge in [0.25, 0.3) is 0 Å². The summed E-state index contributed by atoms with van der Waals surface area (Å²) in [6.45, 7) is 3.94. The van der Waals surface area contributed by atoms with Crippen LogP contribution in [0.4, 0.5) is 0 Å². The summed E-state index contributed by atoms with van der Waals surface area (Å²) in [5.41, 5.74) is 2.97. The molecule has 0 saturated carbocycles. The summed E-state index contributed by atoms with van der Waals surface area (Å²) in [6.07, 6.45) is 1.78. The molecule has 3 N–H and O–H groups in total. The molecule has 0 radical (unpaired) electrons. The molecule has 1 aromatic heterocycles. The zero-order chi connectivity index (χ0) is 9.14. The monoisotopic (exact) mass is 202 g/mol. The van der Waals surface area contributed by atoms with E-state index < -0.39 is 0 Å². The highest BCUT2D eigenvalue weighted by atomic mass is 35.5. The summed E-state index contributed by atoms with van der Waals surface area (Å²) >= 11 is 5.70. The second-order valence-corrected chi connectivity index (χ2v) is 2.95. The number of hydrogen-bond donors (Lipinski definition) is 1. The van der Waals surface area contributed by atoms with Crippen LogP contribution in [-0.4, -0.2) is 12.1 Å². The van der Waals surface area contributed by atoms with E-state index in [0.29, 0.717) is 5.88 Å². The van der Waals surface area contributed by atoms with Gasteiger partial charge in [0.15, 0.2) is 0 Å². The first-order valence-corrected chi connectivity index (χ1v) is 4.29. The molecule has 0 aliphatic carbocycles. The molecular formula is C9H15ClN2O. The maximum absolute atomic E-state index is 5.70. The van der Waals surface area contributed by atoms with E-state index in [0.717, 1.165) is 22.6 Å². The van der Waals surface area contributed by atoms with Crippen molar-refractivity contribution in [2.24, 2.45) is 0 Å². The van der Waals surface area contributed by atoms with Crippen molar-refractivity contribution in [1.29, 1.82) is 0 Å². The van der Waals surface area contributed by atoms with E-state index in [-0.39, 0.29) is 6.15 Å². The molecule has 3 nitrogen and oxygen atoms in total. The fraction of sp³-hybridized carbons (Fsp3) is 0.444. The van der Waals surface area contributed by atoms with Gasteiger partial charge in [-0.2, -0.15) is 0 Å². The second kappa shape index (κ2) is 5.04. The van der Waals surface area contributed by atoms with E-state index in [9.17, 15) is 0 Å². The summed E-state index contributed by atoms with van der Waals surface area (Å²) in [4.78, 5) is 4.19. The molecule has 4 heteroatoms. The van der Waals surface area contributed by atoms with Crippen LogP contribution in [0.3, 0.4) is 0 Å². The number of rotatable bonds is 2. The number of hydrogen-bond acceptors (Lipinski definition) is 3. The van der Waals surface area contributed by atoms with Gasteiger partial charge in [0.2, 0.25) is 0 Å². The van der Waals surface area contributed by atoms with Crippen molar-refractivity contribution in [2.45, 2.75) is 19.7 Å². The van der Waals surface area contributed by atoms with E-state index in [1.54, 1.807) is 13.3 Å². The van der Waals surface area contributed by atoms with Crippen LogP contribution >= 0.6 is 11.6 Å². The molecule has 0 aliphatic heterocycles. The number of nitrogens with zero attached hydrogens (tertiary/aromatic N) is 1. The van der Waals surface area contributed by atoms with Crippen molar-refractivity contribution in [1.82, 2.24) is 11.1 Å². The van der Waals surface area contributed by atoms with Crippen molar-refractivity contribution in [3.05, 3.63) is 23.0 Å². The molecule has 0 aliphatic rings. The van der Waals surface area contributed by atoms with Crippen LogP contribution in [0.25, 0.3) is 0 Å². The Morgan fingerprint density at radius 1 is 1.46 bits per heavy atom. The highest BCUT2D eigenvalue weighted by Crippen LogP contribution is 2.24. The topological polar surface area (TPSA) is 57.1 Å². The van der Waals surface area contributed by atoms with Gasteiger partial charge in [-0.3, -0.25) is 4.98 Å². The molecular weight excluding hydrogens is 188 g/mol. The number of aryl methyl sites for hydroxylation is 1. The molecule has 0 atom stereocenters. The van der Waals surface area contributed by atoms with Gasteiger partial charge in [0, 0.05) is 17.3 Å². The molecule has 0 amide bonds. The minimum absolute atomic E-state index is 0. The largest absolute Gasteiger partial charge is 0.496 e. The normalized spacial score (nSPS) is 9.23. The standard InChI is InChI=1S/C9H12ClNO.H3N/c1-6-5-11-8(4-10)7(2)9(6)12-3;/h5H,4H2,1-3H3;1H3. The maximum atomic E-state index is 5.70. The molecule has 0 fully saturated rings. The second-order valence-electron chi connectivity index (χ2n) is 2.68.